The van der Waals surface area contributed by atoms with E-state index in [1.165, 1.54) is 6.07 Å². The second kappa shape index (κ2) is 10.5. The van der Waals surface area contributed by atoms with E-state index in [2.05, 4.69) is 0 Å². The second-order valence-corrected chi connectivity index (χ2v) is 10.1. The number of amides is 1. The molecule has 9 heteroatoms. The number of carbonyl (C=O) groups is 1. The van der Waals surface area contributed by atoms with Gasteiger partial charge in [0.1, 0.15) is 22.8 Å². The van der Waals surface area contributed by atoms with Crippen molar-refractivity contribution in [1.82, 2.24) is 4.90 Å². The summed E-state index contributed by atoms with van der Waals surface area (Å²) in [5.74, 6) is 1.16. The van der Waals surface area contributed by atoms with Gasteiger partial charge in [0.05, 0.1) is 9.95 Å². The molecule has 0 radical (unpaired) electrons. The van der Waals surface area contributed by atoms with Crippen molar-refractivity contribution in [2.75, 3.05) is 31.6 Å². The highest BCUT2D eigenvalue weighted by Crippen LogP contribution is 2.41. The van der Waals surface area contributed by atoms with E-state index in [1.807, 2.05) is 44.7 Å². The standard InChI is InChI=1S/C25H32ClN3O5/c1-17-21(33-22-11-7-6-10-19(22)26)13-12-20(29(31)32)23(17)28-14-8-9-18(16-28)15-27(5)24(30)34-25(2,3)4/h6-7,10-13,18H,8-9,14-16H2,1-5H3/t18-/m0/s1. The second-order valence-electron chi connectivity index (χ2n) is 9.66. The molecule has 0 aliphatic carbocycles. The SMILES string of the molecule is Cc1c(Oc2ccccc2Cl)ccc([N+](=O)[O-])c1N1CCC[C@@H](CN(C)C(=O)OC(C)(C)C)C1. The molecule has 0 aromatic heterocycles. The van der Waals surface area contributed by atoms with Crippen LogP contribution in [0.2, 0.25) is 5.02 Å². The summed E-state index contributed by atoms with van der Waals surface area (Å²) in [7, 11) is 1.72. The minimum Gasteiger partial charge on any atom is -0.455 e. The van der Waals surface area contributed by atoms with E-state index in [0.29, 0.717) is 47.4 Å². The zero-order valence-electron chi connectivity index (χ0n) is 20.3. The Morgan fingerprint density at radius 3 is 2.59 bits per heavy atom. The monoisotopic (exact) mass is 489 g/mol. The van der Waals surface area contributed by atoms with Crippen LogP contribution in [0.3, 0.4) is 0 Å². The predicted octanol–water partition coefficient (Wildman–Crippen LogP) is 6.43. The highest BCUT2D eigenvalue weighted by Gasteiger charge is 2.30. The Balaban J connectivity index is 1.83. The Morgan fingerprint density at radius 1 is 1.24 bits per heavy atom. The maximum absolute atomic E-state index is 12.4. The molecule has 1 atom stereocenters. The summed E-state index contributed by atoms with van der Waals surface area (Å²) in [4.78, 5) is 27.5. The van der Waals surface area contributed by atoms with Crippen LogP contribution in [0, 0.1) is 23.0 Å². The zero-order valence-corrected chi connectivity index (χ0v) is 21.1. The molecule has 1 aliphatic heterocycles. The van der Waals surface area contributed by atoms with Crippen molar-refractivity contribution in [3.8, 4) is 11.5 Å². The van der Waals surface area contributed by atoms with Crippen LogP contribution < -0.4 is 9.64 Å². The number of carbonyl (C=O) groups excluding carboxylic acids is 1. The first-order valence-corrected chi connectivity index (χ1v) is 11.7. The lowest BCUT2D eigenvalue weighted by molar-refractivity contribution is -0.384. The van der Waals surface area contributed by atoms with Crippen molar-refractivity contribution in [3.05, 3.63) is 57.1 Å². The van der Waals surface area contributed by atoms with Gasteiger partial charge in [-0.3, -0.25) is 10.1 Å². The van der Waals surface area contributed by atoms with Crippen LogP contribution in [-0.4, -0.2) is 48.2 Å². The number of ether oxygens (including phenoxy) is 2. The zero-order chi connectivity index (χ0) is 25.0. The molecule has 1 fully saturated rings. The average Bonchev–Trinajstić information content (AvgIpc) is 2.75. The molecule has 0 bridgehead atoms. The number of nitrogens with zero attached hydrogens (tertiary/aromatic N) is 3. The third-order valence-corrected chi connectivity index (χ3v) is 6.00. The first-order chi connectivity index (χ1) is 16.0. The number of piperidine rings is 1. The third-order valence-electron chi connectivity index (χ3n) is 5.69. The lowest BCUT2D eigenvalue weighted by atomic mass is 9.96. The van der Waals surface area contributed by atoms with E-state index in [0.717, 1.165) is 12.8 Å². The van der Waals surface area contributed by atoms with E-state index in [1.54, 1.807) is 30.1 Å². The lowest BCUT2D eigenvalue weighted by Gasteiger charge is -2.37. The summed E-state index contributed by atoms with van der Waals surface area (Å²) in [5.41, 5.74) is 0.684. The van der Waals surface area contributed by atoms with Crippen LogP contribution >= 0.6 is 11.6 Å². The van der Waals surface area contributed by atoms with Crippen LogP contribution in [0.5, 0.6) is 11.5 Å². The normalized spacial score (nSPS) is 16.2. The minimum atomic E-state index is -0.566. The maximum atomic E-state index is 12.4. The number of halogens is 1. The largest absolute Gasteiger partial charge is 0.455 e. The molecule has 184 valence electrons. The van der Waals surface area contributed by atoms with Gasteiger partial charge in [0, 0.05) is 38.3 Å². The molecule has 8 nitrogen and oxygen atoms in total. The number of nitro benzene ring substituents is 1. The molecule has 1 saturated heterocycles. The number of anilines is 1. The van der Waals surface area contributed by atoms with E-state index < -0.39 is 5.60 Å². The maximum Gasteiger partial charge on any atom is 0.410 e. The van der Waals surface area contributed by atoms with Gasteiger partial charge in [0.15, 0.2) is 0 Å². The summed E-state index contributed by atoms with van der Waals surface area (Å²) in [6.45, 7) is 9.11. The number of hydrogen-bond donors (Lipinski definition) is 0. The Bertz CT molecular complexity index is 1050. The van der Waals surface area contributed by atoms with Gasteiger partial charge in [0.25, 0.3) is 5.69 Å². The van der Waals surface area contributed by atoms with Crippen LogP contribution in [0.4, 0.5) is 16.2 Å². The molecule has 0 unspecified atom stereocenters. The Hall–Kier alpha value is -3.00. The highest BCUT2D eigenvalue weighted by atomic mass is 35.5. The Kier molecular flexibility index (Phi) is 7.92. The van der Waals surface area contributed by atoms with E-state index >= 15 is 0 Å². The summed E-state index contributed by atoms with van der Waals surface area (Å²) in [5, 5.41) is 12.3. The quantitative estimate of drug-likeness (QED) is 0.343. The Labute approximate surface area is 205 Å². The number of benzene rings is 2. The van der Waals surface area contributed by atoms with Crippen LogP contribution in [0.25, 0.3) is 0 Å². The number of para-hydroxylation sites is 1. The Morgan fingerprint density at radius 2 is 1.94 bits per heavy atom. The van der Waals surface area contributed by atoms with Crippen molar-refractivity contribution < 1.29 is 19.2 Å². The van der Waals surface area contributed by atoms with Crippen molar-refractivity contribution >= 4 is 29.1 Å². The average molecular weight is 490 g/mol. The first kappa shape index (κ1) is 25.6. The molecule has 34 heavy (non-hydrogen) atoms. The summed E-state index contributed by atoms with van der Waals surface area (Å²) in [6, 6.07) is 10.2. The van der Waals surface area contributed by atoms with E-state index in [-0.39, 0.29) is 22.6 Å². The minimum absolute atomic E-state index is 0.0326. The molecule has 3 rings (SSSR count). The van der Waals surface area contributed by atoms with Gasteiger partial charge >= 0.3 is 6.09 Å². The van der Waals surface area contributed by atoms with Gasteiger partial charge in [-0.25, -0.2) is 4.79 Å². The molecule has 2 aromatic rings. The molecular formula is C25H32ClN3O5. The van der Waals surface area contributed by atoms with Crippen LogP contribution in [0.15, 0.2) is 36.4 Å². The van der Waals surface area contributed by atoms with Crippen molar-refractivity contribution in [2.24, 2.45) is 5.92 Å². The molecule has 0 N–H and O–H groups in total. The molecule has 0 spiro atoms. The van der Waals surface area contributed by atoms with Crippen LogP contribution in [-0.2, 0) is 4.74 Å². The fourth-order valence-corrected chi connectivity index (χ4v) is 4.36. The van der Waals surface area contributed by atoms with Gasteiger partial charge in [-0.15, -0.1) is 0 Å². The molecule has 0 saturated carbocycles. The first-order valence-electron chi connectivity index (χ1n) is 11.4. The number of rotatable bonds is 6. The molecule has 1 amide bonds. The summed E-state index contributed by atoms with van der Waals surface area (Å²) < 4.78 is 11.5. The highest BCUT2D eigenvalue weighted by molar-refractivity contribution is 6.32. The molecule has 2 aromatic carbocycles. The third kappa shape index (κ3) is 6.32. The lowest BCUT2D eigenvalue weighted by Crippen LogP contribution is -2.43. The topological polar surface area (TPSA) is 85.2 Å². The number of hydrogen-bond acceptors (Lipinski definition) is 6. The fraction of sp³-hybridized carbons (Fsp3) is 0.480. The van der Waals surface area contributed by atoms with E-state index in [4.69, 9.17) is 21.1 Å². The van der Waals surface area contributed by atoms with Gasteiger partial charge in [0.2, 0.25) is 0 Å². The summed E-state index contributed by atoms with van der Waals surface area (Å²) >= 11 is 6.24. The fourth-order valence-electron chi connectivity index (χ4n) is 4.19. The smallest absolute Gasteiger partial charge is 0.410 e. The van der Waals surface area contributed by atoms with Gasteiger partial charge in [-0.2, -0.15) is 0 Å². The van der Waals surface area contributed by atoms with Gasteiger partial charge in [-0.1, -0.05) is 23.7 Å². The van der Waals surface area contributed by atoms with Gasteiger partial charge in [-0.05, 0) is 64.7 Å². The number of nitro groups is 1. The van der Waals surface area contributed by atoms with E-state index in [9.17, 15) is 14.9 Å². The van der Waals surface area contributed by atoms with Crippen molar-refractivity contribution in [3.63, 3.8) is 0 Å². The van der Waals surface area contributed by atoms with Crippen molar-refractivity contribution in [1.29, 1.82) is 0 Å². The molecular weight excluding hydrogens is 458 g/mol. The van der Waals surface area contributed by atoms with Crippen LogP contribution in [0.1, 0.15) is 39.2 Å². The predicted molar refractivity (Wildman–Crippen MR) is 133 cm³/mol. The van der Waals surface area contributed by atoms with Crippen molar-refractivity contribution in [2.45, 2.75) is 46.1 Å². The summed E-state index contributed by atoms with van der Waals surface area (Å²) in [6.07, 6.45) is 1.41. The molecule has 1 aliphatic rings. The molecule has 1 heterocycles. The van der Waals surface area contributed by atoms with Gasteiger partial charge < -0.3 is 19.3 Å².